The van der Waals surface area contributed by atoms with Crippen LogP contribution in [0.15, 0.2) is 12.1 Å². The van der Waals surface area contributed by atoms with Gasteiger partial charge in [-0.1, -0.05) is 51.9 Å². The minimum atomic E-state index is -1.28. The van der Waals surface area contributed by atoms with Crippen molar-refractivity contribution in [3.63, 3.8) is 0 Å². The van der Waals surface area contributed by atoms with Crippen LogP contribution in [-0.2, 0) is 4.79 Å². The van der Waals surface area contributed by atoms with Crippen LogP contribution in [0.5, 0.6) is 5.75 Å². The molecular weight excluding hydrogens is 348 g/mol. The SMILES string of the molecule is CCCCCCCCC1CCC(C(=O)Oc2ccc(C#N)c(F)c2F)CC1. The van der Waals surface area contributed by atoms with E-state index in [9.17, 15) is 13.6 Å². The summed E-state index contributed by atoms with van der Waals surface area (Å²) >= 11 is 0. The van der Waals surface area contributed by atoms with Crippen molar-refractivity contribution >= 4 is 5.97 Å². The van der Waals surface area contributed by atoms with Crippen LogP contribution in [0.25, 0.3) is 0 Å². The smallest absolute Gasteiger partial charge is 0.314 e. The molecule has 148 valence electrons. The number of benzene rings is 1. The van der Waals surface area contributed by atoms with Crippen LogP contribution in [0.4, 0.5) is 8.78 Å². The number of carbonyl (C=O) groups is 1. The van der Waals surface area contributed by atoms with E-state index >= 15 is 0 Å². The van der Waals surface area contributed by atoms with Gasteiger partial charge in [-0.3, -0.25) is 4.79 Å². The van der Waals surface area contributed by atoms with Crippen molar-refractivity contribution in [1.29, 1.82) is 5.26 Å². The first-order valence-electron chi connectivity index (χ1n) is 10.2. The molecule has 1 saturated carbocycles. The number of carbonyl (C=O) groups excluding carboxylic acids is 1. The molecule has 1 aliphatic carbocycles. The number of halogens is 2. The first kappa shape index (κ1) is 21.3. The van der Waals surface area contributed by atoms with E-state index in [1.165, 1.54) is 44.9 Å². The average molecular weight is 377 g/mol. The summed E-state index contributed by atoms with van der Waals surface area (Å²) < 4.78 is 32.6. The van der Waals surface area contributed by atoms with Crippen molar-refractivity contribution in [3.05, 3.63) is 29.3 Å². The molecule has 0 amide bonds. The van der Waals surface area contributed by atoms with Gasteiger partial charge < -0.3 is 4.74 Å². The van der Waals surface area contributed by atoms with Gasteiger partial charge in [0.2, 0.25) is 5.82 Å². The third kappa shape index (κ3) is 6.30. The van der Waals surface area contributed by atoms with Gasteiger partial charge in [0.25, 0.3) is 0 Å². The first-order chi connectivity index (χ1) is 13.1. The first-order valence-corrected chi connectivity index (χ1v) is 10.2. The van der Waals surface area contributed by atoms with E-state index < -0.39 is 28.9 Å². The van der Waals surface area contributed by atoms with E-state index in [1.807, 2.05) is 0 Å². The second kappa shape index (κ2) is 11.0. The standard InChI is InChI=1S/C22H29F2NO2/c1-2-3-4-5-6-7-8-16-9-11-17(12-10-16)22(26)27-19-14-13-18(15-25)20(23)21(19)24/h13-14,16-17H,2-12H2,1H3. The normalized spacial score (nSPS) is 19.5. The van der Waals surface area contributed by atoms with Gasteiger partial charge in [-0.2, -0.15) is 9.65 Å². The van der Waals surface area contributed by atoms with Gasteiger partial charge in [0.1, 0.15) is 6.07 Å². The molecule has 27 heavy (non-hydrogen) atoms. The average Bonchev–Trinajstić information content (AvgIpc) is 2.69. The highest BCUT2D eigenvalue weighted by Gasteiger charge is 2.28. The highest BCUT2D eigenvalue weighted by atomic mass is 19.2. The summed E-state index contributed by atoms with van der Waals surface area (Å²) in [6.45, 7) is 2.22. The minimum absolute atomic E-state index is 0.260. The van der Waals surface area contributed by atoms with E-state index in [4.69, 9.17) is 10.00 Å². The lowest BCUT2D eigenvalue weighted by Gasteiger charge is -2.27. The van der Waals surface area contributed by atoms with Crippen molar-refractivity contribution < 1.29 is 18.3 Å². The van der Waals surface area contributed by atoms with Crippen LogP contribution in [0.3, 0.4) is 0 Å². The highest BCUT2D eigenvalue weighted by Crippen LogP contribution is 2.33. The summed E-state index contributed by atoms with van der Waals surface area (Å²) in [4.78, 5) is 12.3. The Morgan fingerprint density at radius 1 is 1.07 bits per heavy atom. The molecule has 3 nitrogen and oxygen atoms in total. The molecule has 0 aliphatic heterocycles. The third-order valence-corrected chi connectivity index (χ3v) is 5.52. The zero-order chi connectivity index (χ0) is 19.6. The number of nitriles is 1. The molecule has 0 N–H and O–H groups in total. The van der Waals surface area contributed by atoms with Crippen LogP contribution in [0, 0.1) is 34.8 Å². The monoisotopic (exact) mass is 377 g/mol. The number of ether oxygens (including phenoxy) is 1. The Morgan fingerprint density at radius 2 is 1.74 bits per heavy atom. The summed E-state index contributed by atoms with van der Waals surface area (Å²) in [6.07, 6.45) is 12.4. The van der Waals surface area contributed by atoms with Crippen LogP contribution in [-0.4, -0.2) is 5.97 Å². The number of rotatable bonds is 9. The molecule has 0 aromatic heterocycles. The van der Waals surface area contributed by atoms with E-state index in [1.54, 1.807) is 6.07 Å². The minimum Gasteiger partial charge on any atom is -0.423 e. The molecule has 0 radical (unpaired) electrons. The fraction of sp³-hybridized carbons (Fsp3) is 0.636. The molecule has 0 saturated heterocycles. The number of esters is 1. The molecule has 1 aliphatic rings. The summed E-state index contributed by atoms with van der Waals surface area (Å²) in [5.41, 5.74) is -0.400. The lowest BCUT2D eigenvalue weighted by atomic mass is 9.80. The summed E-state index contributed by atoms with van der Waals surface area (Å²) in [5.74, 6) is -3.10. The van der Waals surface area contributed by atoms with Crippen LogP contribution < -0.4 is 4.74 Å². The third-order valence-electron chi connectivity index (χ3n) is 5.52. The van der Waals surface area contributed by atoms with Crippen molar-refractivity contribution in [2.24, 2.45) is 11.8 Å². The molecular formula is C22H29F2NO2. The quantitative estimate of drug-likeness (QED) is 0.288. The van der Waals surface area contributed by atoms with E-state index in [0.717, 1.165) is 37.8 Å². The van der Waals surface area contributed by atoms with Crippen molar-refractivity contribution in [2.45, 2.75) is 77.6 Å². The van der Waals surface area contributed by atoms with Crippen LogP contribution >= 0.6 is 0 Å². The number of unbranched alkanes of at least 4 members (excludes halogenated alkanes) is 5. The topological polar surface area (TPSA) is 50.1 Å². The van der Waals surface area contributed by atoms with Gasteiger partial charge in [-0.05, 0) is 43.7 Å². The summed E-state index contributed by atoms with van der Waals surface area (Å²) in [6, 6.07) is 3.82. The fourth-order valence-electron chi connectivity index (χ4n) is 3.79. The van der Waals surface area contributed by atoms with Gasteiger partial charge in [0, 0.05) is 0 Å². The molecule has 1 fully saturated rings. The molecule has 1 aromatic rings. The summed E-state index contributed by atoms with van der Waals surface area (Å²) in [5, 5.41) is 8.70. The maximum atomic E-state index is 13.9. The predicted molar refractivity (Wildman–Crippen MR) is 100 cm³/mol. The number of nitrogens with zero attached hydrogens (tertiary/aromatic N) is 1. The second-order valence-electron chi connectivity index (χ2n) is 7.55. The van der Waals surface area contributed by atoms with Gasteiger partial charge >= 0.3 is 5.97 Å². The molecule has 0 spiro atoms. The Bertz CT molecular complexity index is 661. The van der Waals surface area contributed by atoms with Gasteiger partial charge in [-0.25, -0.2) is 4.39 Å². The molecule has 0 heterocycles. The zero-order valence-electron chi connectivity index (χ0n) is 16.1. The Labute approximate surface area is 160 Å². The van der Waals surface area contributed by atoms with Crippen molar-refractivity contribution in [3.8, 4) is 11.8 Å². The van der Waals surface area contributed by atoms with Gasteiger partial charge in [0.15, 0.2) is 11.6 Å². The molecule has 2 rings (SSSR count). The Balaban J connectivity index is 1.74. The van der Waals surface area contributed by atoms with Crippen LogP contribution in [0.2, 0.25) is 0 Å². The lowest BCUT2D eigenvalue weighted by Crippen LogP contribution is -2.26. The Morgan fingerprint density at radius 3 is 2.41 bits per heavy atom. The van der Waals surface area contributed by atoms with E-state index in [0.29, 0.717) is 5.92 Å². The van der Waals surface area contributed by atoms with Gasteiger partial charge in [-0.15, -0.1) is 0 Å². The predicted octanol–water partition coefficient (Wildman–Crippen LogP) is 6.30. The molecule has 1 aromatic carbocycles. The van der Waals surface area contributed by atoms with Crippen molar-refractivity contribution in [1.82, 2.24) is 0 Å². The van der Waals surface area contributed by atoms with Crippen molar-refractivity contribution in [2.75, 3.05) is 0 Å². The molecule has 0 atom stereocenters. The van der Waals surface area contributed by atoms with Gasteiger partial charge in [0.05, 0.1) is 11.5 Å². The maximum absolute atomic E-state index is 13.9. The number of hydrogen-bond donors (Lipinski definition) is 0. The number of hydrogen-bond acceptors (Lipinski definition) is 3. The lowest BCUT2D eigenvalue weighted by molar-refractivity contribution is -0.140. The van der Waals surface area contributed by atoms with Crippen LogP contribution in [0.1, 0.15) is 83.1 Å². The van der Waals surface area contributed by atoms with E-state index in [-0.39, 0.29) is 5.92 Å². The fourth-order valence-corrected chi connectivity index (χ4v) is 3.79. The van der Waals surface area contributed by atoms with E-state index in [2.05, 4.69) is 6.92 Å². The molecule has 0 bridgehead atoms. The highest BCUT2D eigenvalue weighted by molar-refractivity contribution is 5.75. The Hall–Kier alpha value is -1.96. The molecule has 5 heteroatoms. The summed E-state index contributed by atoms with van der Waals surface area (Å²) in [7, 11) is 0. The Kier molecular flexibility index (Phi) is 8.71. The zero-order valence-corrected chi connectivity index (χ0v) is 16.1. The second-order valence-corrected chi connectivity index (χ2v) is 7.55. The molecule has 0 unspecified atom stereocenters. The maximum Gasteiger partial charge on any atom is 0.314 e. The largest absolute Gasteiger partial charge is 0.423 e.